The minimum Gasteiger partial charge on any atom is -0.444 e. The molecule has 1 aliphatic rings. The lowest BCUT2D eigenvalue weighted by Gasteiger charge is -2.22. The molecule has 22 heavy (non-hydrogen) atoms. The predicted molar refractivity (Wildman–Crippen MR) is 86.1 cm³/mol. The zero-order valence-corrected chi connectivity index (χ0v) is 14.1. The number of aryl methyl sites for hydroxylation is 2. The summed E-state index contributed by atoms with van der Waals surface area (Å²) in [6.07, 6.45) is 1.43. The molecule has 1 aromatic rings. The van der Waals surface area contributed by atoms with Crippen molar-refractivity contribution >= 4 is 11.9 Å². The number of nitrogens with one attached hydrogen (secondary N) is 1. The summed E-state index contributed by atoms with van der Waals surface area (Å²) in [5, 5.41) is 2.93. The van der Waals surface area contributed by atoms with Gasteiger partial charge in [0.15, 0.2) is 0 Å². The van der Waals surface area contributed by atoms with E-state index in [0.29, 0.717) is 0 Å². The van der Waals surface area contributed by atoms with Crippen molar-refractivity contribution in [2.24, 2.45) is 0 Å². The number of amides is 1. The number of carbonyl (C=O) groups is 1. The van der Waals surface area contributed by atoms with Crippen LogP contribution in [0.15, 0.2) is 6.07 Å². The molecular formula is C16H26N4O2. The lowest BCUT2D eigenvalue weighted by atomic mass is 10.2. The predicted octanol–water partition coefficient (Wildman–Crippen LogP) is 2.45. The van der Waals surface area contributed by atoms with Crippen LogP contribution < -0.4 is 10.2 Å². The molecular weight excluding hydrogens is 280 g/mol. The maximum absolute atomic E-state index is 11.8. The summed E-state index contributed by atoms with van der Waals surface area (Å²) in [5.74, 6) is 1.73. The average molecular weight is 306 g/mol. The van der Waals surface area contributed by atoms with E-state index in [1.54, 1.807) is 0 Å². The number of hydrogen-bond acceptors (Lipinski definition) is 5. The first kappa shape index (κ1) is 16.5. The lowest BCUT2D eigenvalue weighted by molar-refractivity contribution is 0.0509. The standard InChI is InChI=1S/C16H26N4O2/c1-6-12-9-14(18-11(2)17-12)20-8-7-13(10-20)19-15(21)22-16(3,4)5/h9,13H,6-8,10H2,1-5H3,(H,19,21)/t13-/m0/s1. The Morgan fingerprint density at radius 1 is 1.45 bits per heavy atom. The van der Waals surface area contributed by atoms with E-state index in [2.05, 4.69) is 27.1 Å². The van der Waals surface area contributed by atoms with Crippen LogP contribution in [-0.2, 0) is 11.2 Å². The molecule has 0 radical (unpaired) electrons. The van der Waals surface area contributed by atoms with Gasteiger partial charge in [-0.2, -0.15) is 0 Å². The summed E-state index contributed by atoms with van der Waals surface area (Å²) < 4.78 is 5.30. The Kier molecular flexibility index (Phi) is 4.88. The van der Waals surface area contributed by atoms with Gasteiger partial charge in [-0.15, -0.1) is 0 Å². The molecule has 1 atom stereocenters. The highest BCUT2D eigenvalue weighted by molar-refractivity contribution is 5.68. The van der Waals surface area contributed by atoms with Crippen LogP contribution in [0.25, 0.3) is 0 Å². The molecule has 1 saturated heterocycles. The Hall–Kier alpha value is -1.85. The first-order valence-corrected chi connectivity index (χ1v) is 7.86. The quantitative estimate of drug-likeness (QED) is 0.929. The fourth-order valence-corrected chi connectivity index (χ4v) is 2.52. The third-order valence-corrected chi connectivity index (χ3v) is 3.47. The summed E-state index contributed by atoms with van der Waals surface area (Å²) in [6.45, 7) is 11.2. The summed E-state index contributed by atoms with van der Waals surface area (Å²) >= 11 is 0. The highest BCUT2D eigenvalue weighted by Crippen LogP contribution is 2.20. The first-order valence-electron chi connectivity index (χ1n) is 7.86. The van der Waals surface area contributed by atoms with Crippen molar-refractivity contribution in [3.05, 3.63) is 17.6 Å². The molecule has 1 N–H and O–H groups in total. The molecule has 122 valence electrons. The van der Waals surface area contributed by atoms with E-state index in [0.717, 1.165) is 43.3 Å². The number of nitrogens with zero attached hydrogens (tertiary/aromatic N) is 3. The van der Waals surface area contributed by atoms with Crippen LogP contribution in [0.2, 0.25) is 0 Å². The molecule has 0 saturated carbocycles. The van der Waals surface area contributed by atoms with Crippen LogP contribution in [0, 0.1) is 6.92 Å². The van der Waals surface area contributed by atoms with Crippen molar-refractivity contribution in [1.82, 2.24) is 15.3 Å². The van der Waals surface area contributed by atoms with Gasteiger partial charge in [-0.05, 0) is 40.5 Å². The monoisotopic (exact) mass is 306 g/mol. The highest BCUT2D eigenvalue weighted by atomic mass is 16.6. The van der Waals surface area contributed by atoms with E-state index in [1.807, 2.05) is 33.8 Å². The molecule has 6 heteroatoms. The Morgan fingerprint density at radius 3 is 2.82 bits per heavy atom. The van der Waals surface area contributed by atoms with E-state index >= 15 is 0 Å². The zero-order chi connectivity index (χ0) is 16.3. The van der Waals surface area contributed by atoms with Gasteiger partial charge in [0.1, 0.15) is 17.2 Å². The van der Waals surface area contributed by atoms with Crippen LogP contribution in [0.3, 0.4) is 0 Å². The number of carbonyl (C=O) groups excluding carboxylic acids is 1. The molecule has 1 fully saturated rings. The number of ether oxygens (including phenoxy) is 1. The summed E-state index contributed by atoms with van der Waals surface area (Å²) in [4.78, 5) is 22.9. The molecule has 2 rings (SSSR count). The molecule has 2 heterocycles. The summed E-state index contributed by atoms with van der Waals surface area (Å²) in [5.41, 5.74) is 0.577. The van der Waals surface area contributed by atoms with Crippen LogP contribution in [0.1, 0.15) is 45.6 Å². The van der Waals surface area contributed by atoms with E-state index in [1.165, 1.54) is 0 Å². The van der Waals surface area contributed by atoms with Crippen LogP contribution in [0.4, 0.5) is 10.6 Å². The van der Waals surface area contributed by atoms with E-state index in [-0.39, 0.29) is 12.1 Å². The first-order chi connectivity index (χ1) is 10.3. The van der Waals surface area contributed by atoms with Gasteiger partial charge in [0.25, 0.3) is 0 Å². The van der Waals surface area contributed by atoms with Gasteiger partial charge in [-0.3, -0.25) is 0 Å². The van der Waals surface area contributed by atoms with Gasteiger partial charge in [-0.25, -0.2) is 14.8 Å². The summed E-state index contributed by atoms with van der Waals surface area (Å²) in [6, 6.07) is 2.12. The fourth-order valence-electron chi connectivity index (χ4n) is 2.52. The molecule has 0 aromatic carbocycles. The topological polar surface area (TPSA) is 67.4 Å². The van der Waals surface area contributed by atoms with E-state index in [9.17, 15) is 4.79 Å². The van der Waals surface area contributed by atoms with Crippen LogP contribution in [-0.4, -0.2) is 40.8 Å². The second-order valence-electron chi connectivity index (χ2n) is 6.70. The molecule has 1 aromatic heterocycles. The smallest absolute Gasteiger partial charge is 0.407 e. The number of aromatic nitrogens is 2. The van der Waals surface area contributed by atoms with Gasteiger partial charge in [-0.1, -0.05) is 6.92 Å². The van der Waals surface area contributed by atoms with Crippen molar-refractivity contribution < 1.29 is 9.53 Å². The number of hydrogen-bond donors (Lipinski definition) is 1. The largest absolute Gasteiger partial charge is 0.444 e. The Labute approximate surface area is 132 Å². The molecule has 6 nitrogen and oxygen atoms in total. The molecule has 1 amide bonds. The van der Waals surface area contributed by atoms with Gasteiger partial charge in [0.2, 0.25) is 0 Å². The highest BCUT2D eigenvalue weighted by Gasteiger charge is 2.27. The molecule has 0 bridgehead atoms. The van der Waals surface area contributed by atoms with Crippen molar-refractivity contribution in [2.45, 2.75) is 59.1 Å². The molecule has 0 unspecified atom stereocenters. The molecule has 0 spiro atoms. The van der Waals surface area contributed by atoms with Gasteiger partial charge in [0, 0.05) is 24.8 Å². The van der Waals surface area contributed by atoms with E-state index < -0.39 is 5.60 Å². The maximum atomic E-state index is 11.8. The molecule has 1 aliphatic heterocycles. The van der Waals surface area contributed by atoms with Crippen molar-refractivity contribution in [2.75, 3.05) is 18.0 Å². The number of rotatable bonds is 3. The maximum Gasteiger partial charge on any atom is 0.407 e. The average Bonchev–Trinajstić information content (AvgIpc) is 2.84. The van der Waals surface area contributed by atoms with Gasteiger partial charge < -0.3 is 15.0 Å². The third kappa shape index (κ3) is 4.58. The van der Waals surface area contributed by atoms with Crippen molar-refractivity contribution in [3.8, 4) is 0 Å². The molecule has 0 aliphatic carbocycles. The SMILES string of the molecule is CCc1cc(N2CC[C@H](NC(=O)OC(C)(C)C)C2)nc(C)n1. The summed E-state index contributed by atoms with van der Waals surface area (Å²) in [7, 11) is 0. The second kappa shape index (κ2) is 6.50. The van der Waals surface area contributed by atoms with Crippen molar-refractivity contribution in [1.29, 1.82) is 0 Å². The van der Waals surface area contributed by atoms with Crippen LogP contribution in [0.5, 0.6) is 0 Å². The van der Waals surface area contributed by atoms with E-state index in [4.69, 9.17) is 4.74 Å². The second-order valence-corrected chi connectivity index (χ2v) is 6.70. The lowest BCUT2D eigenvalue weighted by Crippen LogP contribution is -2.40. The minimum absolute atomic E-state index is 0.0928. The van der Waals surface area contributed by atoms with Crippen LogP contribution >= 0.6 is 0 Å². The third-order valence-electron chi connectivity index (χ3n) is 3.47. The van der Waals surface area contributed by atoms with Gasteiger partial charge >= 0.3 is 6.09 Å². The van der Waals surface area contributed by atoms with Gasteiger partial charge in [0.05, 0.1) is 6.04 Å². The normalized spacial score (nSPS) is 18.4. The minimum atomic E-state index is -0.470. The number of anilines is 1. The Balaban J connectivity index is 1.95. The zero-order valence-electron chi connectivity index (χ0n) is 14.1. The fraction of sp³-hybridized carbons (Fsp3) is 0.688. The number of alkyl carbamates (subject to hydrolysis) is 1. The Bertz CT molecular complexity index is 539. The Morgan fingerprint density at radius 2 is 2.18 bits per heavy atom. The van der Waals surface area contributed by atoms with Crippen molar-refractivity contribution in [3.63, 3.8) is 0 Å².